The number of hydrogen-bond acceptors (Lipinski definition) is 1. The summed E-state index contributed by atoms with van der Waals surface area (Å²) in [5, 5.41) is 0. The lowest BCUT2D eigenvalue weighted by atomic mass is 9.75. The Labute approximate surface area is 121 Å². The quantitative estimate of drug-likeness (QED) is 0.358. The second-order valence-electron chi connectivity index (χ2n) is 6.31. The van der Waals surface area contributed by atoms with Crippen LogP contribution in [0.4, 0.5) is 0 Å². The largest absolute Gasteiger partial charge is 0.299 e. The van der Waals surface area contributed by atoms with Crippen molar-refractivity contribution < 1.29 is 4.79 Å². The van der Waals surface area contributed by atoms with E-state index < -0.39 is 0 Å². The second kappa shape index (κ2) is 11.5. The van der Waals surface area contributed by atoms with Crippen LogP contribution in [0, 0.1) is 5.41 Å². The smallest absolute Gasteiger partial charge is 0.138 e. The number of ketones is 1. The first-order chi connectivity index (χ1) is 9.10. The third-order valence-corrected chi connectivity index (χ3v) is 4.41. The van der Waals surface area contributed by atoms with Gasteiger partial charge in [-0.15, -0.1) is 0 Å². The highest BCUT2D eigenvalue weighted by atomic mass is 16.1. The van der Waals surface area contributed by atoms with Crippen LogP contribution >= 0.6 is 0 Å². The van der Waals surface area contributed by atoms with Gasteiger partial charge in [-0.05, 0) is 12.8 Å². The molecule has 0 N–H and O–H groups in total. The molecule has 0 bridgehead atoms. The van der Waals surface area contributed by atoms with Gasteiger partial charge in [0, 0.05) is 11.8 Å². The molecule has 0 saturated heterocycles. The third-order valence-electron chi connectivity index (χ3n) is 4.41. The number of carbonyl (C=O) groups excluding carboxylic acids is 1. The van der Waals surface area contributed by atoms with Crippen LogP contribution in [0.1, 0.15) is 105 Å². The monoisotopic (exact) mass is 268 g/mol. The predicted octanol–water partition coefficient (Wildman–Crippen LogP) is 6.30. The Bertz CT molecular complexity index is 222. The molecule has 1 heteroatoms. The fourth-order valence-corrected chi connectivity index (χ4v) is 2.89. The van der Waals surface area contributed by atoms with E-state index in [-0.39, 0.29) is 5.41 Å². The maximum atomic E-state index is 12.2. The molecule has 0 spiro atoms. The van der Waals surface area contributed by atoms with Crippen LogP contribution in [-0.4, -0.2) is 5.78 Å². The number of unbranched alkanes of at least 4 members (excludes halogenated alkanes) is 7. The highest BCUT2D eigenvalue weighted by Crippen LogP contribution is 2.33. The molecular weight excluding hydrogens is 232 g/mol. The van der Waals surface area contributed by atoms with Crippen LogP contribution in [0.2, 0.25) is 0 Å². The Morgan fingerprint density at radius 1 is 0.737 bits per heavy atom. The van der Waals surface area contributed by atoms with Gasteiger partial charge in [-0.3, -0.25) is 4.79 Å². The van der Waals surface area contributed by atoms with Gasteiger partial charge in [-0.1, -0.05) is 85.5 Å². The Hall–Kier alpha value is -0.330. The van der Waals surface area contributed by atoms with Crippen molar-refractivity contribution in [1.82, 2.24) is 0 Å². The molecule has 0 radical (unpaired) electrons. The number of carbonyl (C=O) groups is 1. The molecular formula is C18H36O. The van der Waals surface area contributed by atoms with Crippen LogP contribution in [-0.2, 0) is 4.79 Å². The van der Waals surface area contributed by atoms with Gasteiger partial charge in [0.15, 0.2) is 0 Å². The van der Waals surface area contributed by atoms with Gasteiger partial charge >= 0.3 is 0 Å². The Morgan fingerprint density at radius 3 is 1.58 bits per heavy atom. The molecule has 0 aromatic rings. The van der Waals surface area contributed by atoms with E-state index in [1.54, 1.807) is 0 Å². The minimum atomic E-state index is -0.0330. The molecule has 0 aromatic heterocycles. The lowest BCUT2D eigenvalue weighted by Gasteiger charge is -2.28. The van der Waals surface area contributed by atoms with Gasteiger partial charge in [-0.25, -0.2) is 0 Å². The summed E-state index contributed by atoms with van der Waals surface area (Å²) in [4.78, 5) is 12.2. The van der Waals surface area contributed by atoms with Gasteiger partial charge in [0.05, 0.1) is 0 Å². The van der Waals surface area contributed by atoms with E-state index in [1.165, 1.54) is 57.8 Å². The minimum absolute atomic E-state index is 0.0330. The Balaban J connectivity index is 4.08. The summed E-state index contributed by atoms with van der Waals surface area (Å²) in [7, 11) is 0. The van der Waals surface area contributed by atoms with Crippen LogP contribution in [0.15, 0.2) is 0 Å². The van der Waals surface area contributed by atoms with Gasteiger partial charge in [0.2, 0.25) is 0 Å². The molecule has 114 valence electrons. The first-order valence-corrected chi connectivity index (χ1v) is 8.64. The zero-order valence-corrected chi connectivity index (χ0v) is 13.9. The first-order valence-electron chi connectivity index (χ1n) is 8.64. The SMILES string of the molecule is CCCCCCCC(C)(CCCCCC)C(=O)CC. The van der Waals surface area contributed by atoms with Gasteiger partial charge in [-0.2, -0.15) is 0 Å². The lowest BCUT2D eigenvalue weighted by molar-refractivity contribution is -0.128. The molecule has 0 saturated carbocycles. The summed E-state index contributed by atoms with van der Waals surface area (Å²) in [5.41, 5.74) is -0.0330. The Morgan fingerprint density at radius 2 is 1.16 bits per heavy atom. The fourth-order valence-electron chi connectivity index (χ4n) is 2.89. The molecule has 0 aliphatic rings. The van der Waals surface area contributed by atoms with Gasteiger partial charge in [0.25, 0.3) is 0 Å². The lowest BCUT2D eigenvalue weighted by Crippen LogP contribution is -2.27. The van der Waals surface area contributed by atoms with Crippen molar-refractivity contribution in [3.8, 4) is 0 Å². The van der Waals surface area contributed by atoms with E-state index in [4.69, 9.17) is 0 Å². The molecule has 0 aromatic carbocycles. The van der Waals surface area contributed by atoms with Crippen LogP contribution in [0.25, 0.3) is 0 Å². The maximum Gasteiger partial charge on any atom is 0.138 e. The van der Waals surface area contributed by atoms with E-state index in [2.05, 4.69) is 20.8 Å². The molecule has 0 heterocycles. The normalized spacial score (nSPS) is 14.3. The summed E-state index contributed by atoms with van der Waals surface area (Å²) in [6.45, 7) is 8.72. The van der Waals surface area contributed by atoms with Crippen molar-refractivity contribution in [3.05, 3.63) is 0 Å². The zero-order valence-electron chi connectivity index (χ0n) is 13.9. The average molecular weight is 268 g/mol. The summed E-state index contributed by atoms with van der Waals surface area (Å²) >= 11 is 0. The number of rotatable bonds is 13. The van der Waals surface area contributed by atoms with E-state index in [0.717, 1.165) is 12.8 Å². The van der Waals surface area contributed by atoms with Gasteiger partial charge in [0.1, 0.15) is 5.78 Å². The maximum absolute atomic E-state index is 12.2. The second-order valence-corrected chi connectivity index (χ2v) is 6.31. The molecule has 1 nitrogen and oxygen atoms in total. The van der Waals surface area contributed by atoms with Crippen molar-refractivity contribution in [2.45, 2.75) is 105 Å². The molecule has 1 atom stereocenters. The predicted molar refractivity (Wildman–Crippen MR) is 85.5 cm³/mol. The zero-order chi connectivity index (χ0) is 14.6. The number of hydrogen-bond donors (Lipinski definition) is 0. The molecule has 0 fully saturated rings. The van der Waals surface area contributed by atoms with Crippen molar-refractivity contribution >= 4 is 5.78 Å². The summed E-state index contributed by atoms with van der Waals surface area (Å²) in [6.07, 6.45) is 14.5. The minimum Gasteiger partial charge on any atom is -0.299 e. The summed E-state index contributed by atoms with van der Waals surface area (Å²) in [6, 6.07) is 0. The molecule has 19 heavy (non-hydrogen) atoms. The van der Waals surface area contributed by atoms with E-state index >= 15 is 0 Å². The van der Waals surface area contributed by atoms with Crippen molar-refractivity contribution in [2.75, 3.05) is 0 Å². The van der Waals surface area contributed by atoms with Crippen molar-refractivity contribution in [2.24, 2.45) is 5.41 Å². The van der Waals surface area contributed by atoms with Gasteiger partial charge < -0.3 is 0 Å². The Kier molecular flexibility index (Phi) is 11.3. The third kappa shape index (κ3) is 8.44. The average Bonchev–Trinajstić information content (AvgIpc) is 2.42. The highest BCUT2D eigenvalue weighted by molar-refractivity contribution is 5.84. The summed E-state index contributed by atoms with van der Waals surface area (Å²) < 4.78 is 0. The molecule has 0 rings (SSSR count). The van der Waals surface area contributed by atoms with E-state index in [0.29, 0.717) is 12.2 Å². The molecule has 0 amide bonds. The van der Waals surface area contributed by atoms with Crippen LogP contribution in [0.5, 0.6) is 0 Å². The van der Waals surface area contributed by atoms with Crippen LogP contribution < -0.4 is 0 Å². The van der Waals surface area contributed by atoms with Crippen molar-refractivity contribution in [3.63, 3.8) is 0 Å². The highest BCUT2D eigenvalue weighted by Gasteiger charge is 2.30. The molecule has 0 aliphatic heterocycles. The first kappa shape index (κ1) is 18.7. The molecule has 1 unspecified atom stereocenters. The summed E-state index contributed by atoms with van der Waals surface area (Å²) in [5.74, 6) is 0.486. The molecule has 0 aliphatic carbocycles. The van der Waals surface area contributed by atoms with E-state index in [9.17, 15) is 4.79 Å². The number of Topliss-reactive ketones (excluding diaryl/α,β-unsaturated/α-hetero) is 1. The topological polar surface area (TPSA) is 17.1 Å². The van der Waals surface area contributed by atoms with E-state index in [1.807, 2.05) is 6.92 Å². The van der Waals surface area contributed by atoms with Crippen molar-refractivity contribution in [1.29, 1.82) is 0 Å². The standard InChI is InChI=1S/C18H36O/c1-5-8-10-12-14-16-18(4,17(19)7-3)15-13-11-9-6-2/h5-16H2,1-4H3. The van der Waals surface area contributed by atoms with Crippen LogP contribution in [0.3, 0.4) is 0 Å². The fraction of sp³-hybridized carbons (Fsp3) is 0.944.